The molecule has 0 aromatic heterocycles. The van der Waals surface area contributed by atoms with Crippen molar-refractivity contribution in [3.63, 3.8) is 0 Å². The third-order valence-corrected chi connectivity index (χ3v) is 3.23. The highest BCUT2D eigenvalue weighted by Crippen LogP contribution is 2.37. The number of hydrogen-bond donors (Lipinski definition) is 0. The Balaban J connectivity index is 2.27. The van der Waals surface area contributed by atoms with E-state index in [0.717, 1.165) is 19.1 Å². The van der Waals surface area contributed by atoms with Gasteiger partial charge in [0.05, 0.1) is 13.2 Å². The summed E-state index contributed by atoms with van der Waals surface area (Å²) in [5.74, 6) is 1.51. The maximum Gasteiger partial charge on any atom is 0.0679 e. The van der Waals surface area contributed by atoms with E-state index in [4.69, 9.17) is 4.74 Å². The van der Waals surface area contributed by atoms with Crippen molar-refractivity contribution in [2.75, 3.05) is 13.2 Å². The lowest BCUT2D eigenvalue weighted by atomic mass is 9.77. The van der Waals surface area contributed by atoms with E-state index < -0.39 is 0 Å². The minimum absolute atomic E-state index is 0.684. The van der Waals surface area contributed by atoms with Gasteiger partial charge in [-0.05, 0) is 30.8 Å². The van der Waals surface area contributed by atoms with E-state index >= 15 is 0 Å². The molecule has 1 aliphatic heterocycles. The van der Waals surface area contributed by atoms with Crippen LogP contribution in [0.4, 0.5) is 0 Å². The maximum absolute atomic E-state index is 5.54. The van der Waals surface area contributed by atoms with Crippen LogP contribution in [-0.2, 0) is 4.74 Å². The Kier molecular flexibility index (Phi) is 2.22. The van der Waals surface area contributed by atoms with E-state index in [-0.39, 0.29) is 0 Å². The molecule has 2 atom stereocenters. The van der Waals surface area contributed by atoms with Crippen LogP contribution in [0.2, 0.25) is 0 Å². The lowest BCUT2D eigenvalue weighted by Crippen LogP contribution is -2.26. The van der Waals surface area contributed by atoms with Crippen LogP contribution in [-0.4, -0.2) is 13.2 Å². The van der Waals surface area contributed by atoms with Crippen LogP contribution in [0, 0.1) is 11.8 Å². The third-order valence-electron chi connectivity index (χ3n) is 3.23. The van der Waals surface area contributed by atoms with Gasteiger partial charge in [0.1, 0.15) is 0 Å². The van der Waals surface area contributed by atoms with Crippen molar-refractivity contribution in [1.82, 2.24) is 0 Å². The molecule has 0 radical (unpaired) electrons. The largest absolute Gasteiger partial charge is 0.376 e. The zero-order valence-electron chi connectivity index (χ0n) is 8.10. The van der Waals surface area contributed by atoms with Crippen LogP contribution >= 0.6 is 0 Å². The molecule has 1 aliphatic carbocycles. The summed E-state index contributed by atoms with van der Waals surface area (Å²) in [5.41, 5.74) is 3.35. The summed E-state index contributed by atoms with van der Waals surface area (Å²) < 4.78 is 5.54. The first kappa shape index (κ1) is 8.31. The van der Waals surface area contributed by atoms with E-state index in [1.54, 1.807) is 11.1 Å². The molecule has 1 heterocycles. The Morgan fingerprint density at radius 3 is 2.83 bits per heavy atom. The monoisotopic (exact) mass is 166 g/mol. The normalized spacial score (nSPS) is 36.5. The van der Waals surface area contributed by atoms with E-state index in [1.165, 1.54) is 19.3 Å². The average Bonchev–Trinajstić information content (AvgIpc) is 2.04. The Labute approximate surface area is 74.8 Å². The van der Waals surface area contributed by atoms with Gasteiger partial charge in [0.2, 0.25) is 0 Å². The zero-order valence-corrected chi connectivity index (χ0v) is 8.10. The van der Waals surface area contributed by atoms with Crippen LogP contribution in [0.5, 0.6) is 0 Å². The van der Waals surface area contributed by atoms with Gasteiger partial charge in [-0.3, -0.25) is 0 Å². The number of hydrogen-bond acceptors (Lipinski definition) is 1. The SMILES string of the molecule is CC1CCCC2=C1C(C)COC2. The van der Waals surface area contributed by atoms with Crippen molar-refractivity contribution in [1.29, 1.82) is 0 Å². The second kappa shape index (κ2) is 3.21. The molecule has 0 spiro atoms. The first-order valence-corrected chi connectivity index (χ1v) is 5.08. The Bertz CT molecular complexity index is 185. The summed E-state index contributed by atoms with van der Waals surface area (Å²) in [6.07, 6.45) is 4.06. The lowest BCUT2D eigenvalue weighted by molar-refractivity contribution is 0.106. The molecule has 2 rings (SSSR count). The molecule has 0 saturated heterocycles. The molecule has 1 heteroatoms. The summed E-state index contributed by atoms with van der Waals surface area (Å²) in [7, 11) is 0. The number of ether oxygens (including phenoxy) is 1. The highest BCUT2D eigenvalue weighted by molar-refractivity contribution is 5.24. The van der Waals surface area contributed by atoms with Crippen molar-refractivity contribution in [2.45, 2.75) is 33.1 Å². The average molecular weight is 166 g/mol. The standard InChI is InChI=1S/C11H18O/c1-8-4-3-5-10-7-12-6-9(2)11(8)10/h8-9H,3-7H2,1-2H3. The molecule has 0 saturated carbocycles. The minimum atomic E-state index is 0.684. The minimum Gasteiger partial charge on any atom is -0.376 e. The molecule has 2 unspecified atom stereocenters. The van der Waals surface area contributed by atoms with Gasteiger partial charge >= 0.3 is 0 Å². The van der Waals surface area contributed by atoms with Gasteiger partial charge in [0, 0.05) is 5.92 Å². The van der Waals surface area contributed by atoms with Gasteiger partial charge in [-0.15, -0.1) is 0 Å². The van der Waals surface area contributed by atoms with Crippen LogP contribution in [0.25, 0.3) is 0 Å². The van der Waals surface area contributed by atoms with Gasteiger partial charge in [0.25, 0.3) is 0 Å². The molecule has 2 aliphatic rings. The van der Waals surface area contributed by atoms with Gasteiger partial charge in [-0.1, -0.05) is 19.4 Å². The molecule has 68 valence electrons. The van der Waals surface area contributed by atoms with Crippen molar-refractivity contribution in [2.24, 2.45) is 11.8 Å². The molecule has 0 bridgehead atoms. The second-order valence-electron chi connectivity index (χ2n) is 4.27. The summed E-state index contributed by atoms with van der Waals surface area (Å²) in [5, 5.41) is 0. The molecule has 1 nitrogen and oxygen atoms in total. The van der Waals surface area contributed by atoms with Gasteiger partial charge in [-0.2, -0.15) is 0 Å². The molecule has 0 aromatic rings. The fourth-order valence-electron chi connectivity index (χ4n) is 2.71. The molecular weight excluding hydrogens is 148 g/mol. The molecule has 12 heavy (non-hydrogen) atoms. The first-order chi connectivity index (χ1) is 5.79. The van der Waals surface area contributed by atoms with E-state index in [1.807, 2.05) is 0 Å². The topological polar surface area (TPSA) is 9.23 Å². The Morgan fingerprint density at radius 2 is 2.08 bits per heavy atom. The predicted molar refractivity (Wildman–Crippen MR) is 50.0 cm³/mol. The van der Waals surface area contributed by atoms with Crippen molar-refractivity contribution < 1.29 is 4.74 Å². The molecular formula is C11H18O. The van der Waals surface area contributed by atoms with Crippen molar-refractivity contribution in [3.05, 3.63) is 11.1 Å². The molecule has 0 aromatic carbocycles. The molecule has 0 N–H and O–H groups in total. The van der Waals surface area contributed by atoms with Crippen molar-refractivity contribution in [3.8, 4) is 0 Å². The molecule has 0 fully saturated rings. The van der Waals surface area contributed by atoms with E-state index in [9.17, 15) is 0 Å². The van der Waals surface area contributed by atoms with Crippen LogP contribution in [0.15, 0.2) is 11.1 Å². The highest BCUT2D eigenvalue weighted by atomic mass is 16.5. The van der Waals surface area contributed by atoms with Gasteiger partial charge < -0.3 is 4.74 Å². The maximum atomic E-state index is 5.54. The summed E-state index contributed by atoms with van der Waals surface area (Å²) in [4.78, 5) is 0. The fourth-order valence-corrected chi connectivity index (χ4v) is 2.71. The quantitative estimate of drug-likeness (QED) is 0.503. The summed E-state index contributed by atoms with van der Waals surface area (Å²) >= 11 is 0. The summed E-state index contributed by atoms with van der Waals surface area (Å²) in [6.45, 7) is 6.54. The third kappa shape index (κ3) is 1.31. The highest BCUT2D eigenvalue weighted by Gasteiger charge is 2.26. The fraction of sp³-hybridized carbons (Fsp3) is 0.818. The molecule has 0 amide bonds. The Morgan fingerprint density at radius 1 is 1.25 bits per heavy atom. The Hall–Kier alpha value is -0.300. The van der Waals surface area contributed by atoms with Crippen LogP contribution < -0.4 is 0 Å². The lowest BCUT2D eigenvalue weighted by Gasteiger charge is -2.34. The predicted octanol–water partition coefficient (Wildman–Crippen LogP) is 2.77. The van der Waals surface area contributed by atoms with Gasteiger partial charge in [0.15, 0.2) is 0 Å². The second-order valence-corrected chi connectivity index (χ2v) is 4.27. The van der Waals surface area contributed by atoms with Gasteiger partial charge in [-0.25, -0.2) is 0 Å². The van der Waals surface area contributed by atoms with E-state index in [2.05, 4.69) is 13.8 Å². The first-order valence-electron chi connectivity index (χ1n) is 5.08. The van der Waals surface area contributed by atoms with Crippen LogP contribution in [0.3, 0.4) is 0 Å². The van der Waals surface area contributed by atoms with E-state index in [0.29, 0.717) is 5.92 Å². The summed E-state index contributed by atoms with van der Waals surface area (Å²) in [6, 6.07) is 0. The number of rotatable bonds is 0. The van der Waals surface area contributed by atoms with Crippen LogP contribution in [0.1, 0.15) is 33.1 Å². The zero-order chi connectivity index (χ0) is 8.55. The smallest absolute Gasteiger partial charge is 0.0679 e. The van der Waals surface area contributed by atoms with Crippen molar-refractivity contribution >= 4 is 0 Å².